The van der Waals surface area contributed by atoms with Gasteiger partial charge in [-0.15, -0.1) is 0 Å². The first-order valence-corrected chi connectivity index (χ1v) is 7.14. The summed E-state index contributed by atoms with van der Waals surface area (Å²) in [7, 11) is 0. The second kappa shape index (κ2) is 6.69. The molecule has 0 N–H and O–H groups in total. The SMILES string of the molecule is CCOC(=O)C(C)(Cc1ccccc1)c1ccc(F)cc1F. The van der Waals surface area contributed by atoms with Crippen LogP contribution in [0, 0.1) is 11.6 Å². The average molecular weight is 304 g/mol. The standard InChI is InChI=1S/C18H18F2O2/c1-3-22-17(21)18(2,12-13-7-5-4-6-8-13)15-10-9-14(19)11-16(15)20/h4-11H,3,12H2,1-2H3. The highest BCUT2D eigenvalue weighted by Crippen LogP contribution is 2.32. The Hall–Kier alpha value is -2.23. The number of benzene rings is 2. The molecule has 0 saturated heterocycles. The maximum absolute atomic E-state index is 14.2. The van der Waals surface area contributed by atoms with Crippen LogP contribution in [0.2, 0.25) is 0 Å². The van der Waals surface area contributed by atoms with Gasteiger partial charge in [0.05, 0.1) is 12.0 Å². The third-order valence-electron chi connectivity index (χ3n) is 3.65. The number of hydrogen-bond donors (Lipinski definition) is 0. The number of hydrogen-bond acceptors (Lipinski definition) is 2. The molecule has 22 heavy (non-hydrogen) atoms. The molecule has 2 aromatic carbocycles. The summed E-state index contributed by atoms with van der Waals surface area (Å²) in [5, 5.41) is 0. The van der Waals surface area contributed by atoms with Crippen LogP contribution in [0.1, 0.15) is 25.0 Å². The molecule has 0 aromatic heterocycles. The second-order valence-electron chi connectivity index (χ2n) is 5.34. The Morgan fingerprint density at radius 1 is 1.14 bits per heavy atom. The Bertz CT molecular complexity index is 655. The van der Waals surface area contributed by atoms with Crippen LogP contribution in [0.5, 0.6) is 0 Å². The van der Waals surface area contributed by atoms with E-state index in [0.717, 1.165) is 17.7 Å². The Kier molecular flexibility index (Phi) is 4.91. The van der Waals surface area contributed by atoms with Gasteiger partial charge >= 0.3 is 5.97 Å². The summed E-state index contributed by atoms with van der Waals surface area (Å²) in [6.07, 6.45) is 0.273. The minimum atomic E-state index is -1.21. The third-order valence-corrected chi connectivity index (χ3v) is 3.65. The van der Waals surface area contributed by atoms with E-state index in [1.807, 2.05) is 30.3 Å². The zero-order chi connectivity index (χ0) is 16.2. The van der Waals surface area contributed by atoms with Gasteiger partial charge in [0.2, 0.25) is 0 Å². The molecule has 0 amide bonds. The molecule has 0 heterocycles. The molecule has 0 aliphatic heterocycles. The van der Waals surface area contributed by atoms with Gasteiger partial charge in [0.1, 0.15) is 11.6 Å². The van der Waals surface area contributed by atoms with E-state index in [-0.39, 0.29) is 18.6 Å². The van der Waals surface area contributed by atoms with E-state index in [1.165, 1.54) is 6.07 Å². The molecular weight excluding hydrogens is 286 g/mol. The van der Waals surface area contributed by atoms with Crippen LogP contribution in [0.3, 0.4) is 0 Å². The van der Waals surface area contributed by atoms with Crippen molar-refractivity contribution in [2.45, 2.75) is 25.7 Å². The smallest absolute Gasteiger partial charge is 0.316 e. The lowest BCUT2D eigenvalue weighted by Gasteiger charge is -2.28. The number of carbonyl (C=O) groups excluding carboxylic acids is 1. The van der Waals surface area contributed by atoms with Gasteiger partial charge in [-0.1, -0.05) is 36.4 Å². The molecule has 0 radical (unpaired) electrons. The van der Waals surface area contributed by atoms with Gasteiger partial charge in [-0.3, -0.25) is 4.79 Å². The molecule has 0 aliphatic carbocycles. The normalized spacial score (nSPS) is 13.5. The summed E-state index contributed by atoms with van der Waals surface area (Å²) in [5.41, 5.74) is -0.201. The van der Waals surface area contributed by atoms with Crippen molar-refractivity contribution in [3.8, 4) is 0 Å². The van der Waals surface area contributed by atoms with Gasteiger partial charge in [-0.05, 0) is 31.9 Å². The minimum absolute atomic E-state index is 0.135. The van der Waals surface area contributed by atoms with Crippen LogP contribution in [-0.2, 0) is 21.4 Å². The van der Waals surface area contributed by atoms with E-state index >= 15 is 0 Å². The molecule has 116 valence electrons. The Morgan fingerprint density at radius 2 is 1.82 bits per heavy atom. The summed E-state index contributed by atoms with van der Waals surface area (Å²) in [4.78, 5) is 12.4. The fourth-order valence-electron chi connectivity index (χ4n) is 2.51. The quantitative estimate of drug-likeness (QED) is 0.780. The lowest BCUT2D eigenvalue weighted by Crippen LogP contribution is -2.37. The van der Waals surface area contributed by atoms with Crippen LogP contribution in [0.4, 0.5) is 8.78 Å². The fraction of sp³-hybridized carbons (Fsp3) is 0.278. The molecule has 2 aromatic rings. The van der Waals surface area contributed by atoms with Crippen LogP contribution >= 0.6 is 0 Å². The summed E-state index contributed by atoms with van der Waals surface area (Å²) in [6.45, 7) is 3.52. The van der Waals surface area contributed by atoms with Crippen LogP contribution in [0.15, 0.2) is 48.5 Å². The van der Waals surface area contributed by atoms with Crippen molar-refractivity contribution in [1.82, 2.24) is 0 Å². The molecule has 0 spiro atoms. The molecule has 2 rings (SSSR count). The Balaban J connectivity index is 2.47. The summed E-state index contributed by atoms with van der Waals surface area (Å²) < 4.78 is 32.5. The van der Waals surface area contributed by atoms with E-state index in [1.54, 1.807) is 13.8 Å². The third kappa shape index (κ3) is 3.32. The first-order valence-electron chi connectivity index (χ1n) is 7.14. The van der Waals surface area contributed by atoms with Gasteiger partial charge in [0, 0.05) is 11.6 Å². The van der Waals surface area contributed by atoms with E-state index in [0.29, 0.717) is 0 Å². The van der Waals surface area contributed by atoms with Gasteiger partial charge in [0.15, 0.2) is 0 Å². The Labute approximate surface area is 128 Å². The van der Waals surface area contributed by atoms with Crippen LogP contribution < -0.4 is 0 Å². The highest BCUT2D eigenvalue weighted by Gasteiger charge is 2.39. The molecule has 1 unspecified atom stereocenters. The van der Waals surface area contributed by atoms with Crippen LogP contribution in [-0.4, -0.2) is 12.6 Å². The Morgan fingerprint density at radius 3 is 2.41 bits per heavy atom. The molecular formula is C18H18F2O2. The predicted molar refractivity (Wildman–Crippen MR) is 80.5 cm³/mol. The molecule has 0 aliphatic rings. The van der Waals surface area contributed by atoms with E-state index in [9.17, 15) is 13.6 Å². The second-order valence-corrected chi connectivity index (χ2v) is 5.34. The number of carbonyl (C=O) groups is 1. The van der Waals surface area contributed by atoms with E-state index in [4.69, 9.17) is 4.74 Å². The number of esters is 1. The fourth-order valence-corrected chi connectivity index (χ4v) is 2.51. The number of halogens is 2. The van der Waals surface area contributed by atoms with Gasteiger partial charge in [-0.2, -0.15) is 0 Å². The van der Waals surface area contributed by atoms with Gasteiger partial charge in [0.25, 0.3) is 0 Å². The molecule has 1 atom stereocenters. The first kappa shape index (κ1) is 16.1. The summed E-state index contributed by atoms with van der Waals surface area (Å²) >= 11 is 0. The molecule has 0 bridgehead atoms. The summed E-state index contributed by atoms with van der Waals surface area (Å²) in [5.74, 6) is -1.94. The van der Waals surface area contributed by atoms with Crippen molar-refractivity contribution in [2.75, 3.05) is 6.61 Å². The zero-order valence-corrected chi connectivity index (χ0v) is 12.6. The van der Waals surface area contributed by atoms with Gasteiger partial charge < -0.3 is 4.74 Å². The minimum Gasteiger partial charge on any atom is -0.465 e. The van der Waals surface area contributed by atoms with Crippen molar-refractivity contribution >= 4 is 5.97 Å². The first-order chi connectivity index (χ1) is 10.5. The molecule has 0 fully saturated rings. The van der Waals surface area contributed by atoms with Gasteiger partial charge in [-0.25, -0.2) is 8.78 Å². The van der Waals surface area contributed by atoms with Crippen molar-refractivity contribution in [1.29, 1.82) is 0 Å². The largest absolute Gasteiger partial charge is 0.465 e. The lowest BCUT2D eigenvalue weighted by atomic mass is 9.77. The number of rotatable bonds is 5. The topological polar surface area (TPSA) is 26.3 Å². The maximum Gasteiger partial charge on any atom is 0.316 e. The molecule has 0 saturated carbocycles. The van der Waals surface area contributed by atoms with Crippen molar-refractivity contribution in [3.63, 3.8) is 0 Å². The molecule has 4 heteroatoms. The van der Waals surface area contributed by atoms with Crippen LogP contribution in [0.25, 0.3) is 0 Å². The summed E-state index contributed by atoms with van der Waals surface area (Å²) in [6, 6.07) is 12.5. The predicted octanol–water partition coefficient (Wildman–Crippen LogP) is 4.03. The average Bonchev–Trinajstić information content (AvgIpc) is 2.48. The monoisotopic (exact) mass is 304 g/mol. The highest BCUT2D eigenvalue weighted by atomic mass is 19.1. The molecule has 2 nitrogen and oxygen atoms in total. The van der Waals surface area contributed by atoms with E-state index < -0.39 is 23.0 Å². The lowest BCUT2D eigenvalue weighted by molar-refractivity contribution is -0.149. The van der Waals surface area contributed by atoms with Crippen molar-refractivity contribution < 1.29 is 18.3 Å². The maximum atomic E-state index is 14.2. The van der Waals surface area contributed by atoms with E-state index in [2.05, 4.69) is 0 Å². The highest BCUT2D eigenvalue weighted by molar-refractivity contribution is 5.83. The number of ether oxygens (including phenoxy) is 1. The zero-order valence-electron chi connectivity index (χ0n) is 12.6. The van der Waals surface area contributed by atoms with Crippen molar-refractivity contribution in [3.05, 3.63) is 71.3 Å². The van der Waals surface area contributed by atoms with Crippen molar-refractivity contribution in [2.24, 2.45) is 0 Å².